The van der Waals surface area contributed by atoms with Crippen molar-refractivity contribution in [1.29, 1.82) is 0 Å². The maximum absolute atomic E-state index is 13.5. The summed E-state index contributed by atoms with van der Waals surface area (Å²) in [5.41, 5.74) is 0.648. The molecule has 4 nitrogen and oxygen atoms in total. The van der Waals surface area contributed by atoms with Gasteiger partial charge in [-0.25, -0.2) is 4.39 Å². The van der Waals surface area contributed by atoms with E-state index in [-0.39, 0.29) is 17.2 Å². The molecule has 0 atom stereocenters. The van der Waals surface area contributed by atoms with Crippen LogP contribution in [0.3, 0.4) is 0 Å². The summed E-state index contributed by atoms with van der Waals surface area (Å²) in [5.74, 6) is 0.174. The smallest absolute Gasteiger partial charge is 0.183 e. The number of hydrogen-bond donors (Lipinski definition) is 0. The van der Waals surface area contributed by atoms with Crippen LogP contribution in [0.15, 0.2) is 30.4 Å². The molecule has 0 amide bonds. The quantitative estimate of drug-likeness (QED) is 0.716. The summed E-state index contributed by atoms with van der Waals surface area (Å²) < 4.78 is 36.5. The lowest BCUT2D eigenvalue weighted by atomic mass is 10.0. The Balaban J connectivity index is 1.39. The molecule has 0 aliphatic carbocycles. The van der Waals surface area contributed by atoms with E-state index in [4.69, 9.17) is 30.5 Å². The molecule has 6 heteroatoms. The van der Waals surface area contributed by atoms with E-state index in [2.05, 4.69) is 6.08 Å². The van der Waals surface area contributed by atoms with Gasteiger partial charge in [0.15, 0.2) is 12.6 Å². The lowest BCUT2D eigenvalue weighted by molar-refractivity contribution is -0.217. The molecule has 0 saturated carbocycles. The average molecular weight is 371 g/mol. The Labute approximate surface area is 152 Å². The van der Waals surface area contributed by atoms with E-state index in [9.17, 15) is 4.39 Å². The van der Waals surface area contributed by atoms with Gasteiger partial charge in [-0.1, -0.05) is 29.8 Å². The molecule has 1 aromatic carbocycles. The summed E-state index contributed by atoms with van der Waals surface area (Å²) >= 11 is 5.70. The molecule has 2 aliphatic heterocycles. The van der Waals surface area contributed by atoms with Gasteiger partial charge < -0.3 is 18.9 Å². The molecule has 2 heterocycles. The van der Waals surface area contributed by atoms with Crippen LogP contribution in [0.1, 0.15) is 31.6 Å². The van der Waals surface area contributed by atoms with Crippen LogP contribution < -0.4 is 0 Å². The fraction of sp³-hybridized carbons (Fsp3) is 0.579. The Bertz CT molecular complexity index is 579. The number of halogens is 2. The zero-order chi connectivity index (χ0) is 17.6. The van der Waals surface area contributed by atoms with Crippen molar-refractivity contribution >= 4 is 11.6 Å². The first kappa shape index (κ1) is 18.8. The van der Waals surface area contributed by atoms with Crippen LogP contribution >= 0.6 is 11.6 Å². The van der Waals surface area contributed by atoms with E-state index in [1.807, 2.05) is 13.0 Å². The minimum absolute atomic E-state index is 0.0987. The molecular formula is C19H24ClFO4. The van der Waals surface area contributed by atoms with Gasteiger partial charge in [0, 0.05) is 17.4 Å². The van der Waals surface area contributed by atoms with Gasteiger partial charge in [-0.15, -0.1) is 0 Å². The lowest BCUT2D eigenvalue weighted by Gasteiger charge is -2.32. The average Bonchev–Trinajstić information content (AvgIpc) is 2.64. The SMILES string of the molecule is C/C=C\[C@H]1CO[C@H](CCC2COC(c3ccc(Cl)c(F)c3)OC2)OC1. The largest absolute Gasteiger partial charge is 0.352 e. The molecule has 138 valence electrons. The van der Waals surface area contributed by atoms with Crippen molar-refractivity contribution in [2.45, 2.75) is 32.3 Å². The monoisotopic (exact) mass is 370 g/mol. The third-order valence-electron chi connectivity index (χ3n) is 4.45. The third kappa shape index (κ3) is 5.25. The van der Waals surface area contributed by atoms with E-state index in [0.29, 0.717) is 37.9 Å². The Morgan fingerprint density at radius 1 is 1.08 bits per heavy atom. The summed E-state index contributed by atoms with van der Waals surface area (Å²) in [6, 6.07) is 4.60. The molecule has 1 aromatic rings. The highest BCUT2D eigenvalue weighted by molar-refractivity contribution is 6.30. The summed E-state index contributed by atoms with van der Waals surface area (Å²) in [6.07, 6.45) is 5.17. The summed E-state index contributed by atoms with van der Waals surface area (Å²) in [6.45, 7) is 4.56. The molecule has 0 aromatic heterocycles. The van der Waals surface area contributed by atoms with Crippen molar-refractivity contribution in [3.8, 4) is 0 Å². The van der Waals surface area contributed by atoms with Gasteiger partial charge in [0.25, 0.3) is 0 Å². The van der Waals surface area contributed by atoms with Crippen LogP contribution in [0.25, 0.3) is 0 Å². The second-order valence-corrected chi connectivity index (χ2v) is 6.90. The second-order valence-electron chi connectivity index (χ2n) is 6.50. The van der Waals surface area contributed by atoms with Crippen LogP contribution in [0.4, 0.5) is 4.39 Å². The van der Waals surface area contributed by atoms with Crippen molar-refractivity contribution in [3.63, 3.8) is 0 Å². The maximum atomic E-state index is 13.5. The van der Waals surface area contributed by atoms with Gasteiger partial charge in [0.1, 0.15) is 5.82 Å². The zero-order valence-corrected chi connectivity index (χ0v) is 15.1. The number of ether oxygens (including phenoxy) is 4. The molecule has 0 unspecified atom stereocenters. The van der Waals surface area contributed by atoms with Gasteiger partial charge in [-0.2, -0.15) is 0 Å². The van der Waals surface area contributed by atoms with Crippen LogP contribution in [0.5, 0.6) is 0 Å². The van der Waals surface area contributed by atoms with E-state index in [1.165, 1.54) is 12.1 Å². The van der Waals surface area contributed by atoms with Crippen molar-refractivity contribution in [2.24, 2.45) is 11.8 Å². The maximum Gasteiger partial charge on any atom is 0.183 e. The van der Waals surface area contributed by atoms with E-state index >= 15 is 0 Å². The highest BCUT2D eigenvalue weighted by Gasteiger charge is 2.26. The van der Waals surface area contributed by atoms with Gasteiger partial charge >= 0.3 is 0 Å². The molecule has 2 fully saturated rings. The van der Waals surface area contributed by atoms with E-state index < -0.39 is 12.1 Å². The molecule has 0 bridgehead atoms. The Morgan fingerprint density at radius 2 is 1.80 bits per heavy atom. The zero-order valence-electron chi connectivity index (χ0n) is 14.3. The van der Waals surface area contributed by atoms with Crippen molar-refractivity contribution in [1.82, 2.24) is 0 Å². The summed E-state index contributed by atoms with van der Waals surface area (Å²) in [7, 11) is 0. The van der Waals surface area contributed by atoms with Crippen molar-refractivity contribution in [2.75, 3.05) is 26.4 Å². The Kier molecular flexibility index (Phi) is 6.84. The van der Waals surface area contributed by atoms with Gasteiger partial charge in [-0.05, 0) is 31.9 Å². The van der Waals surface area contributed by atoms with Gasteiger partial charge in [0.05, 0.1) is 31.5 Å². The lowest BCUT2D eigenvalue weighted by Crippen LogP contribution is -2.33. The second kappa shape index (κ2) is 9.10. The fourth-order valence-electron chi connectivity index (χ4n) is 3.04. The number of allylic oxidation sites excluding steroid dienone is 1. The van der Waals surface area contributed by atoms with Crippen molar-refractivity contribution in [3.05, 3.63) is 46.8 Å². The van der Waals surface area contributed by atoms with Gasteiger partial charge in [0.2, 0.25) is 0 Å². The number of benzene rings is 1. The van der Waals surface area contributed by atoms with Crippen LogP contribution in [-0.2, 0) is 18.9 Å². The highest BCUT2D eigenvalue weighted by atomic mass is 35.5. The molecule has 2 aliphatic rings. The third-order valence-corrected chi connectivity index (χ3v) is 4.76. The van der Waals surface area contributed by atoms with E-state index in [1.54, 1.807) is 6.07 Å². The van der Waals surface area contributed by atoms with Gasteiger partial charge in [-0.3, -0.25) is 0 Å². The molecule has 0 N–H and O–H groups in total. The molecule has 0 spiro atoms. The molecular weight excluding hydrogens is 347 g/mol. The summed E-state index contributed by atoms with van der Waals surface area (Å²) in [4.78, 5) is 0. The van der Waals surface area contributed by atoms with Crippen molar-refractivity contribution < 1.29 is 23.3 Å². The van der Waals surface area contributed by atoms with Crippen LogP contribution in [0, 0.1) is 17.7 Å². The topological polar surface area (TPSA) is 36.9 Å². The molecule has 3 rings (SSSR count). The molecule has 25 heavy (non-hydrogen) atoms. The minimum atomic E-state index is -0.535. The number of hydrogen-bond acceptors (Lipinski definition) is 4. The Morgan fingerprint density at radius 3 is 2.44 bits per heavy atom. The van der Waals surface area contributed by atoms with Crippen LogP contribution in [-0.4, -0.2) is 32.7 Å². The molecule has 0 radical (unpaired) electrons. The Hall–Kier alpha value is -0.980. The summed E-state index contributed by atoms with van der Waals surface area (Å²) in [5, 5.41) is 0.0987. The first-order chi connectivity index (χ1) is 12.2. The minimum Gasteiger partial charge on any atom is -0.352 e. The standard InChI is InChI=1S/C19H24ClFO4/c1-2-3-13-9-22-18(23-10-13)7-4-14-11-24-19(25-12-14)15-5-6-16(20)17(21)8-15/h2-3,5-6,8,13-14,18-19H,4,7,9-12H2,1H3/b3-2-/t13-,14?,18-,19?. The fourth-order valence-corrected chi connectivity index (χ4v) is 3.16. The highest BCUT2D eigenvalue weighted by Crippen LogP contribution is 2.29. The predicted octanol–water partition coefficient (Wildman–Crippen LogP) is 4.49. The van der Waals surface area contributed by atoms with Crippen LogP contribution in [0.2, 0.25) is 5.02 Å². The first-order valence-corrected chi connectivity index (χ1v) is 9.07. The first-order valence-electron chi connectivity index (χ1n) is 8.70. The normalized spacial score (nSPS) is 30.7. The predicted molar refractivity (Wildman–Crippen MR) is 92.8 cm³/mol. The van der Waals surface area contributed by atoms with E-state index in [0.717, 1.165) is 12.8 Å². The number of rotatable bonds is 5. The molecule has 2 saturated heterocycles.